The number of nitrogens with zero attached hydrogens (tertiary/aromatic N) is 4. The number of para-hydroxylation sites is 1. The molecule has 0 aliphatic carbocycles. The van der Waals surface area contributed by atoms with E-state index in [-0.39, 0.29) is 23.0 Å². The Morgan fingerprint density at radius 1 is 1.07 bits per heavy atom. The summed E-state index contributed by atoms with van der Waals surface area (Å²) in [6, 6.07) is 9.38. The number of piperazine rings is 1. The van der Waals surface area contributed by atoms with Crippen molar-refractivity contribution in [2.24, 2.45) is 5.92 Å². The molecule has 0 atom stereocenters. The van der Waals surface area contributed by atoms with Crippen LogP contribution in [0.2, 0.25) is 5.02 Å². The molecule has 8 heteroatoms. The second kappa shape index (κ2) is 9.74. The largest absolute Gasteiger partial charge is 0.366 e. The Bertz CT molecular complexity index is 815. The summed E-state index contributed by atoms with van der Waals surface area (Å²) in [6.45, 7) is 7.22. The summed E-state index contributed by atoms with van der Waals surface area (Å²) in [7, 11) is 0. The molecule has 0 spiro atoms. The van der Waals surface area contributed by atoms with Crippen molar-refractivity contribution in [1.82, 2.24) is 20.0 Å². The molecule has 2 aliphatic heterocycles. The number of benzene rings is 1. The van der Waals surface area contributed by atoms with Crippen molar-refractivity contribution in [2.45, 2.75) is 12.8 Å². The molecule has 2 fully saturated rings. The summed E-state index contributed by atoms with van der Waals surface area (Å²) in [5.41, 5.74) is 1.20. The third kappa shape index (κ3) is 4.69. The number of hydrogen-bond acceptors (Lipinski definition) is 5. The predicted molar refractivity (Wildman–Crippen MR) is 116 cm³/mol. The molecule has 4 rings (SSSR count). The van der Waals surface area contributed by atoms with Gasteiger partial charge in [-0.1, -0.05) is 29.8 Å². The van der Waals surface area contributed by atoms with Gasteiger partial charge in [0, 0.05) is 32.7 Å². The molecule has 0 unspecified atom stereocenters. The summed E-state index contributed by atoms with van der Waals surface area (Å²) in [4.78, 5) is 17.4. The molecule has 2 aromatic rings. The molecular weight excluding hydrogens is 397 g/mol. The van der Waals surface area contributed by atoms with Gasteiger partial charge in [0.25, 0.3) is 5.56 Å². The Morgan fingerprint density at radius 2 is 1.75 bits per heavy atom. The van der Waals surface area contributed by atoms with Gasteiger partial charge < -0.3 is 10.2 Å². The quantitative estimate of drug-likeness (QED) is 0.817. The fraction of sp³-hybridized carbons (Fsp3) is 0.500. The van der Waals surface area contributed by atoms with Crippen molar-refractivity contribution >= 4 is 29.7 Å². The molecule has 1 aromatic carbocycles. The number of halogens is 2. The molecule has 1 N–H and O–H groups in total. The first-order chi connectivity index (χ1) is 13.2. The molecule has 2 aliphatic rings. The molecule has 0 bridgehead atoms. The Morgan fingerprint density at radius 3 is 2.43 bits per heavy atom. The Kier molecular flexibility index (Phi) is 7.35. The lowest BCUT2D eigenvalue weighted by atomic mass is 9.97. The number of hydrogen-bond donors (Lipinski definition) is 1. The van der Waals surface area contributed by atoms with E-state index in [1.165, 1.54) is 24.1 Å². The lowest BCUT2D eigenvalue weighted by Gasteiger charge is -2.38. The van der Waals surface area contributed by atoms with Crippen molar-refractivity contribution in [3.8, 4) is 5.69 Å². The summed E-state index contributed by atoms with van der Waals surface area (Å²) in [5.74, 6) is 0.804. The molecule has 3 heterocycles. The zero-order chi connectivity index (χ0) is 18.6. The zero-order valence-corrected chi connectivity index (χ0v) is 17.5. The summed E-state index contributed by atoms with van der Waals surface area (Å²) in [5, 5.41) is 8.03. The normalized spacial score (nSPS) is 18.7. The first-order valence-corrected chi connectivity index (χ1v) is 10.1. The second-order valence-corrected chi connectivity index (χ2v) is 7.76. The van der Waals surface area contributed by atoms with Crippen LogP contribution in [0.15, 0.2) is 41.3 Å². The molecule has 0 amide bonds. The lowest BCUT2D eigenvalue weighted by molar-refractivity contribution is 0.196. The van der Waals surface area contributed by atoms with Crippen LogP contribution in [0.5, 0.6) is 0 Å². The highest BCUT2D eigenvalue weighted by Gasteiger charge is 2.24. The van der Waals surface area contributed by atoms with Crippen molar-refractivity contribution in [3.05, 3.63) is 51.9 Å². The first kappa shape index (κ1) is 21.1. The molecule has 152 valence electrons. The molecule has 2 saturated heterocycles. The third-order valence-corrected chi connectivity index (χ3v) is 5.94. The topological polar surface area (TPSA) is 53.4 Å². The number of rotatable bonds is 4. The maximum atomic E-state index is 12.7. The van der Waals surface area contributed by atoms with Crippen molar-refractivity contribution in [3.63, 3.8) is 0 Å². The average molecular weight is 424 g/mol. The first-order valence-electron chi connectivity index (χ1n) is 9.73. The fourth-order valence-electron chi connectivity index (χ4n) is 4.00. The van der Waals surface area contributed by atoms with E-state index in [4.69, 9.17) is 11.6 Å². The molecule has 1 aromatic heterocycles. The highest BCUT2D eigenvalue weighted by Crippen LogP contribution is 2.24. The number of aromatic nitrogens is 2. The van der Waals surface area contributed by atoms with Gasteiger partial charge in [0.2, 0.25) is 0 Å². The van der Waals surface area contributed by atoms with E-state index in [1.807, 2.05) is 30.3 Å². The number of nitrogens with one attached hydrogen (secondary N) is 1. The Hall–Kier alpha value is -1.60. The van der Waals surface area contributed by atoms with Gasteiger partial charge in [-0.3, -0.25) is 9.69 Å². The van der Waals surface area contributed by atoms with Crippen LogP contribution in [0.25, 0.3) is 5.69 Å². The Balaban J connectivity index is 0.00000225. The summed E-state index contributed by atoms with van der Waals surface area (Å²) >= 11 is 6.44. The molecule has 6 nitrogen and oxygen atoms in total. The highest BCUT2D eigenvalue weighted by molar-refractivity contribution is 6.33. The SMILES string of the molecule is Cl.O=c1c(Cl)c(N2CCN(CC3CCNCC3)CC2)cnn1-c1ccccc1. The van der Waals surface area contributed by atoms with Crippen LogP contribution in [0.3, 0.4) is 0 Å². The molecular formula is C20H27Cl2N5O. The van der Waals surface area contributed by atoms with Gasteiger partial charge in [-0.25, -0.2) is 0 Å². The van der Waals surface area contributed by atoms with Gasteiger partial charge in [0.1, 0.15) is 5.02 Å². The minimum absolute atomic E-state index is 0. The van der Waals surface area contributed by atoms with Crippen molar-refractivity contribution in [2.75, 3.05) is 50.7 Å². The minimum atomic E-state index is -0.266. The maximum Gasteiger partial charge on any atom is 0.292 e. The van der Waals surface area contributed by atoms with E-state index in [0.717, 1.165) is 56.6 Å². The van der Waals surface area contributed by atoms with Gasteiger partial charge in [-0.2, -0.15) is 9.78 Å². The van der Waals surface area contributed by atoms with Crippen LogP contribution in [-0.2, 0) is 0 Å². The lowest BCUT2D eigenvalue weighted by Crippen LogP contribution is -2.49. The number of anilines is 1. The molecule has 0 radical (unpaired) electrons. The molecule has 28 heavy (non-hydrogen) atoms. The van der Waals surface area contributed by atoms with E-state index in [9.17, 15) is 4.79 Å². The van der Waals surface area contributed by atoms with Crippen LogP contribution in [0, 0.1) is 5.92 Å². The minimum Gasteiger partial charge on any atom is -0.366 e. The fourth-order valence-corrected chi connectivity index (χ4v) is 4.25. The van der Waals surface area contributed by atoms with E-state index < -0.39 is 0 Å². The second-order valence-electron chi connectivity index (χ2n) is 7.38. The van der Waals surface area contributed by atoms with Crippen LogP contribution in [0.1, 0.15) is 12.8 Å². The predicted octanol–water partition coefficient (Wildman–Crippen LogP) is 2.43. The van der Waals surface area contributed by atoms with Crippen molar-refractivity contribution < 1.29 is 0 Å². The van der Waals surface area contributed by atoms with E-state index in [2.05, 4.69) is 20.2 Å². The van der Waals surface area contributed by atoms with Crippen LogP contribution in [-0.4, -0.2) is 60.5 Å². The highest BCUT2D eigenvalue weighted by atomic mass is 35.5. The number of piperidine rings is 1. The summed E-state index contributed by atoms with van der Waals surface area (Å²) < 4.78 is 1.36. The van der Waals surface area contributed by atoms with Crippen LogP contribution >= 0.6 is 24.0 Å². The molecule has 0 saturated carbocycles. The van der Waals surface area contributed by atoms with Crippen LogP contribution in [0.4, 0.5) is 5.69 Å². The van der Waals surface area contributed by atoms with Gasteiger partial charge in [-0.15, -0.1) is 12.4 Å². The van der Waals surface area contributed by atoms with E-state index >= 15 is 0 Å². The smallest absolute Gasteiger partial charge is 0.292 e. The van der Waals surface area contributed by atoms with Gasteiger partial charge in [-0.05, 0) is 44.0 Å². The summed E-state index contributed by atoms with van der Waals surface area (Å²) in [6.07, 6.45) is 4.26. The van der Waals surface area contributed by atoms with Crippen LogP contribution < -0.4 is 15.8 Å². The van der Waals surface area contributed by atoms with Gasteiger partial charge >= 0.3 is 0 Å². The average Bonchev–Trinajstić information content (AvgIpc) is 2.72. The standard InChI is InChI=1S/C20H26ClN5O.ClH/c21-19-18(14-23-26(20(19)27)17-4-2-1-3-5-17)25-12-10-24(11-13-25)15-16-6-8-22-9-7-16;/h1-5,14,16,22H,6-13,15H2;1H. The third-order valence-electron chi connectivity index (χ3n) is 5.59. The monoisotopic (exact) mass is 423 g/mol. The zero-order valence-electron chi connectivity index (χ0n) is 15.9. The van der Waals surface area contributed by atoms with E-state index in [1.54, 1.807) is 6.20 Å². The van der Waals surface area contributed by atoms with Gasteiger partial charge in [0.15, 0.2) is 0 Å². The van der Waals surface area contributed by atoms with Crippen molar-refractivity contribution in [1.29, 1.82) is 0 Å². The maximum absolute atomic E-state index is 12.7. The van der Waals surface area contributed by atoms with E-state index in [0.29, 0.717) is 0 Å². The van der Waals surface area contributed by atoms with Gasteiger partial charge in [0.05, 0.1) is 17.6 Å². The Labute approximate surface area is 176 Å².